The van der Waals surface area contributed by atoms with Gasteiger partial charge < -0.3 is 15.0 Å². The largest absolute Gasteiger partial charge is 0.497 e. The Balaban J connectivity index is 1.19. The molecule has 6 rings (SSSR count). The Morgan fingerprint density at radius 2 is 2.09 bits per heavy atom. The maximum absolute atomic E-state index is 5.43. The maximum atomic E-state index is 5.43. The van der Waals surface area contributed by atoms with E-state index >= 15 is 0 Å². The van der Waals surface area contributed by atoms with Gasteiger partial charge in [-0.05, 0) is 54.5 Å². The highest BCUT2D eigenvalue weighted by molar-refractivity contribution is 5.94. The number of fused-ring (bicyclic) bond motifs is 2. The van der Waals surface area contributed by atoms with E-state index in [4.69, 9.17) is 4.74 Å². The van der Waals surface area contributed by atoms with Crippen LogP contribution in [0.4, 0.5) is 0 Å². The summed E-state index contributed by atoms with van der Waals surface area (Å²) in [7, 11) is 1.66. The number of ether oxygens (including phenoxy) is 1. The van der Waals surface area contributed by atoms with Crippen LogP contribution in [-0.2, 0) is 13.1 Å². The minimum absolute atomic E-state index is 0.649. The quantitative estimate of drug-likeness (QED) is 0.335. The first-order valence-electron chi connectivity index (χ1n) is 11.5. The van der Waals surface area contributed by atoms with Crippen molar-refractivity contribution in [1.29, 1.82) is 0 Å². The van der Waals surface area contributed by atoms with Crippen LogP contribution >= 0.6 is 0 Å². The second-order valence-corrected chi connectivity index (χ2v) is 8.95. The van der Waals surface area contributed by atoms with Crippen LogP contribution in [0.5, 0.6) is 5.75 Å². The highest BCUT2D eigenvalue weighted by Gasteiger charge is 2.16. The Hall–Kier alpha value is -3.65. The third kappa shape index (κ3) is 3.98. The lowest BCUT2D eigenvalue weighted by molar-refractivity contribution is 0.301. The molecule has 3 heterocycles. The normalized spacial score (nSPS) is 14.2. The van der Waals surface area contributed by atoms with Gasteiger partial charge in [0.25, 0.3) is 0 Å². The summed E-state index contributed by atoms with van der Waals surface area (Å²) < 4.78 is 7.30. The second-order valence-electron chi connectivity index (χ2n) is 8.95. The molecule has 168 valence electrons. The molecule has 0 atom stereocenters. The Morgan fingerprint density at radius 1 is 1.15 bits per heavy atom. The smallest absolute Gasteiger partial charge is 0.121 e. The molecule has 2 aromatic carbocycles. The molecule has 0 saturated heterocycles. The van der Waals surface area contributed by atoms with Crippen molar-refractivity contribution in [2.24, 2.45) is 5.92 Å². The van der Waals surface area contributed by atoms with Crippen molar-refractivity contribution in [3.8, 4) is 17.0 Å². The number of rotatable bonds is 8. The van der Waals surface area contributed by atoms with Gasteiger partial charge >= 0.3 is 0 Å². The van der Waals surface area contributed by atoms with E-state index < -0.39 is 0 Å². The second kappa shape index (κ2) is 8.37. The topological polar surface area (TPSA) is 96.4 Å². The lowest BCUT2D eigenvalue weighted by Gasteiger charge is -2.25. The van der Waals surface area contributed by atoms with Gasteiger partial charge in [0, 0.05) is 34.8 Å². The number of aromatic amines is 2. The van der Waals surface area contributed by atoms with Crippen LogP contribution in [-0.4, -0.2) is 43.8 Å². The number of nitrogens with one attached hydrogen (secondary N) is 3. The molecule has 0 aliphatic heterocycles. The molecule has 3 aromatic heterocycles. The number of benzene rings is 2. The molecule has 8 heteroatoms. The summed E-state index contributed by atoms with van der Waals surface area (Å²) in [6.07, 6.45) is 7.91. The third-order valence-electron chi connectivity index (χ3n) is 6.64. The molecule has 0 radical (unpaired) electrons. The van der Waals surface area contributed by atoms with Gasteiger partial charge in [-0.3, -0.25) is 5.10 Å². The predicted molar refractivity (Wildman–Crippen MR) is 128 cm³/mol. The monoisotopic (exact) mass is 441 g/mol. The van der Waals surface area contributed by atoms with Gasteiger partial charge in [0.15, 0.2) is 0 Å². The van der Waals surface area contributed by atoms with Crippen molar-refractivity contribution in [1.82, 2.24) is 35.5 Å². The number of hydrogen-bond acceptors (Lipinski definition) is 5. The van der Waals surface area contributed by atoms with E-state index in [-0.39, 0.29) is 0 Å². The summed E-state index contributed by atoms with van der Waals surface area (Å²) in [5.41, 5.74) is 6.21. The molecule has 1 aliphatic rings. The van der Waals surface area contributed by atoms with Gasteiger partial charge in [-0.15, -0.1) is 5.10 Å². The van der Waals surface area contributed by atoms with Gasteiger partial charge in [0.1, 0.15) is 11.4 Å². The molecule has 33 heavy (non-hydrogen) atoms. The first-order valence-corrected chi connectivity index (χ1v) is 11.5. The van der Waals surface area contributed by atoms with Crippen molar-refractivity contribution < 1.29 is 4.74 Å². The number of nitrogens with zero attached hydrogens (tertiary/aromatic N) is 4. The minimum Gasteiger partial charge on any atom is -0.497 e. The highest BCUT2D eigenvalue weighted by atomic mass is 16.5. The lowest BCUT2D eigenvalue weighted by atomic mass is 9.85. The van der Waals surface area contributed by atoms with Crippen molar-refractivity contribution in [2.75, 3.05) is 13.7 Å². The van der Waals surface area contributed by atoms with Crippen molar-refractivity contribution in [2.45, 2.75) is 32.4 Å². The molecule has 5 aromatic rings. The number of hydrogen-bond donors (Lipinski definition) is 3. The SMILES string of the molecule is COc1cc(-c2cn(Cc3ccc4cc(CNCC5CCC5)[nH]c4c3)nn2)c2cn[nH]c2c1. The van der Waals surface area contributed by atoms with Gasteiger partial charge in [-0.25, -0.2) is 4.68 Å². The Morgan fingerprint density at radius 3 is 2.94 bits per heavy atom. The van der Waals surface area contributed by atoms with E-state index in [2.05, 4.69) is 55.1 Å². The number of methoxy groups -OCH3 is 1. The average Bonchev–Trinajstić information content (AvgIpc) is 3.53. The van der Waals surface area contributed by atoms with Gasteiger partial charge in [-0.2, -0.15) is 5.10 Å². The van der Waals surface area contributed by atoms with E-state index in [0.29, 0.717) is 6.54 Å². The zero-order chi connectivity index (χ0) is 22.2. The van der Waals surface area contributed by atoms with Crippen LogP contribution in [0.3, 0.4) is 0 Å². The Bertz CT molecular complexity index is 1410. The fourth-order valence-corrected chi connectivity index (χ4v) is 4.58. The van der Waals surface area contributed by atoms with Gasteiger partial charge in [0.05, 0.1) is 31.6 Å². The Kier molecular flexibility index (Phi) is 5.07. The molecule has 0 spiro atoms. The van der Waals surface area contributed by atoms with E-state index in [9.17, 15) is 0 Å². The van der Waals surface area contributed by atoms with E-state index in [1.54, 1.807) is 13.3 Å². The summed E-state index contributed by atoms with van der Waals surface area (Å²) in [6, 6.07) is 12.7. The zero-order valence-corrected chi connectivity index (χ0v) is 18.6. The summed E-state index contributed by atoms with van der Waals surface area (Å²) >= 11 is 0. The lowest BCUT2D eigenvalue weighted by Crippen LogP contribution is -2.26. The van der Waals surface area contributed by atoms with Gasteiger partial charge in [0.2, 0.25) is 0 Å². The average molecular weight is 442 g/mol. The first kappa shape index (κ1) is 20.0. The third-order valence-corrected chi connectivity index (χ3v) is 6.64. The van der Waals surface area contributed by atoms with Crippen LogP contribution in [0.25, 0.3) is 33.1 Å². The van der Waals surface area contributed by atoms with Crippen molar-refractivity contribution in [3.63, 3.8) is 0 Å². The van der Waals surface area contributed by atoms with Crippen molar-refractivity contribution >= 4 is 21.8 Å². The first-order chi connectivity index (χ1) is 16.2. The summed E-state index contributed by atoms with van der Waals surface area (Å²) in [6.45, 7) is 2.65. The summed E-state index contributed by atoms with van der Waals surface area (Å²) in [5, 5.41) is 21.8. The Labute approximate surface area is 191 Å². The maximum Gasteiger partial charge on any atom is 0.121 e. The molecular weight excluding hydrogens is 414 g/mol. The van der Waals surface area contributed by atoms with Crippen molar-refractivity contribution in [3.05, 3.63) is 60.0 Å². The molecule has 0 unspecified atom stereocenters. The summed E-state index contributed by atoms with van der Waals surface area (Å²) in [4.78, 5) is 3.56. The van der Waals surface area contributed by atoms with Crippen LogP contribution in [0.15, 0.2) is 48.8 Å². The molecule has 1 saturated carbocycles. The number of aromatic nitrogens is 6. The molecule has 0 amide bonds. The molecular formula is C25H27N7O. The predicted octanol–water partition coefficient (Wildman–Crippen LogP) is 4.25. The molecule has 3 N–H and O–H groups in total. The summed E-state index contributed by atoms with van der Waals surface area (Å²) in [5.74, 6) is 1.63. The molecule has 0 bridgehead atoms. The molecule has 8 nitrogen and oxygen atoms in total. The fraction of sp³-hybridized carbons (Fsp3) is 0.320. The number of H-pyrrole nitrogens is 2. The zero-order valence-electron chi connectivity index (χ0n) is 18.6. The van der Waals surface area contributed by atoms with E-state index in [1.807, 2.05) is 23.0 Å². The highest BCUT2D eigenvalue weighted by Crippen LogP contribution is 2.31. The van der Waals surface area contributed by atoms with Crippen LogP contribution in [0, 0.1) is 5.92 Å². The van der Waals surface area contributed by atoms with E-state index in [1.165, 1.54) is 35.9 Å². The van der Waals surface area contributed by atoms with E-state index in [0.717, 1.165) is 52.4 Å². The van der Waals surface area contributed by atoms with Crippen LogP contribution in [0.2, 0.25) is 0 Å². The van der Waals surface area contributed by atoms with Crippen LogP contribution in [0.1, 0.15) is 30.5 Å². The minimum atomic E-state index is 0.649. The molecule has 1 aliphatic carbocycles. The molecule has 1 fully saturated rings. The van der Waals surface area contributed by atoms with Crippen LogP contribution < -0.4 is 10.1 Å². The fourth-order valence-electron chi connectivity index (χ4n) is 4.58. The standard InChI is InChI=1S/C25H27N7O/c1-33-20-9-21(22-13-27-29-24(22)10-20)25-15-32(31-30-25)14-17-5-6-18-8-19(28-23(18)7-17)12-26-11-16-3-2-4-16/h5-10,13,15-16,26,28H,2-4,11-12,14H2,1H3,(H,27,29). The van der Waals surface area contributed by atoms with Gasteiger partial charge in [-0.1, -0.05) is 23.8 Å².